The zero-order chi connectivity index (χ0) is 15.0. The molecule has 112 valence electrons. The Morgan fingerprint density at radius 2 is 1.90 bits per heavy atom. The first kappa shape index (κ1) is 14.9. The minimum Gasteiger partial charge on any atom is -0.327 e. The van der Waals surface area contributed by atoms with Crippen LogP contribution >= 0.6 is 23.2 Å². The van der Waals surface area contributed by atoms with Crippen LogP contribution in [0, 0.1) is 0 Å². The number of benzene rings is 1. The van der Waals surface area contributed by atoms with Gasteiger partial charge in [0.2, 0.25) is 0 Å². The van der Waals surface area contributed by atoms with Crippen LogP contribution in [0.3, 0.4) is 0 Å². The van der Waals surface area contributed by atoms with E-state index in [2.05, 4.69) is 18.4 Å². The number of rotatable bonds is 3. The molecule has 0 saturated carbocycles. The fourth-order valence-electron chi connectivity index (χ4n) is 3.06. The Morgan fingerprint density at radius 1 is 1.14 bits per heavy atom. The Kier molecular flexibility index (Phi) is 4.28. The summed E-state index contributed by atoms with van der Waals surface area (Å²) >= 11 is 12.2. The second-order valence-electron chi connectivity index (χ2n) is 6.06. The minimum absolute atomic E-state index is 0.429. The van der Waals surface area contributed by atoms with Gasteiger partial charge in [0.05, 0.1) is 15.7 Å². The maximum Gasteiger partial charge on any atom is 0.112 e. The third kappa shape index (κ3) is 2.97. The molecule has 2 nitrogen and oxygen atoms in total. The molecule has 0 spiro atoms. The normalized spacial score (nSPS) is 14.5. The number of halogens is 2. The molecule has 0 N–H and O–H groups in total. The van der Waals surface area contributed by atoms with Crippen molar-refractivity contribution in [3.63, 3.8) is 0 Å². The highest BCUT2D eigenvalue weighted by molar-refractivity contribution is 6.42. The van der Waals surface area contributed by atoms with Gasteiger partial charge in [-0.2, -0.15) is 0 Å². The van der Waals surface area contributed by atoms with Crippen molar-refractivity contribution in [2.75, 3.05) is 0 Å². The van der Waals surface area contributed by atoms with Crippen molar-refractivity contribution >= 4 is 23.2 Å². The quantitative estimate of drug-likeness (QED) is 0.755. The van der Waals surface area contributed by atoms with E-state index in [4.69, 9.17) is 28.2 Å². The molecule has 0 saturated heterocycles. The summed E-state index contributed by atoms with van der Waals surface area (Å²) in [5, 5.41) is 1.23. The van der Waals surface area contributed by atoms with Crippen LogP contribution in [-0.2, 0) is 19.4 Å². The van der Waals surface area contributed by atoms with Gasteiger partial charge >= 0.3 is 0 Å². The summed E-state index contributed by atoms with van der Waals surface area (Å²) in [6, 6.07) is 5.88. The summed E-state index contributed by atoms with van der Waals surface area (Å²) in [6.07, 6.45) is 4.77. The molecule has 0 bridgehead atoms. The maximum absolute atomic E-state index is 6.14. The van der Waals surface area contributed by atoms with Gasteiger partial charge in [0.1, 0.15) is 5.82 Å². The van der Waals surface area contributed by atoms with E-state index in [0.29, 0.717) is 16.0 Å². The molecular weight excluding hydrogens is 303 g/mol. The van der Waals surface area contributed by atoms with Crippen molar-refractivity contribution in [1.29, 1.82) is 0 Å². The number of hydrogen-bond acceptors (Lipinski definition) is 1. The van der Waals surface area contributed by atoms with Crippen LogP contribution in [0.1, 0.15) is 55.4 Å². The molecule has 1 aliphatic carbocycles. The molecule has 0 aliphatic heterocycles. The van der Waals surface area contributed by atoms with Gasteiger partial charge in [-0.1, -0.05) is 43.1 Å². The second-order valence-corrected chi connectivity index (χ2v) is 6.87. The summed E-state index contributed by atoms with van der Waals surface area (Å²) < 4.78 is 2.39. The van der Waals surface area contributed by atoms with Gasteiger partial charge in [0.25, 0.3) is 0 Å². The van der Waals surface area contributed by atoms with Crippen LogP contribution in [0.15, 0.2) is 18.2 Å². The van der Waals surface area contributed by atoms with Gasteiger partial charge < -0.3 is 4.57 Å². The first-order valence-corrected chi connectivity index (χ1v) is 8.34. The summed E-state index contributed by atoms with van der Waals surface area (Å²) in [4.78, 5) is 4.89. The van der Waals surface area contributed by atoms with Crippen molar-refractivity contribution in [3.8, 4) is 0 Å². The first-order valence-electron chi connectivity index (χ1n) is 7.58. The van der Waals surface area contributed by atoms with E-state index >= 15 is 0 Å². The number of fused-ring (bicyclic) bond motifs is 1. The largest absolute Gasteiger partial charge is 0.327 e. The molecule has 2 aromatic rings. The van der Waals surface area contributed by atoms with Gasteiger partial charge in [-0.25, -0.2) is 4.98 Å². The van der Waals surface area contributed by atoms with Crippen molar-refractivity contribution in [2.45, 2.75) is 52.0 Å². The van der Waals surface area contributed by atoms with Crippen LogP contribution in [0.25, 0.3) is 0 Å². The lowest BCUT2D eigenvalue weighted by Crippen LogP contribution is -2.12. The number of nitrogens with zero attached hydrogens (tertiary/aromatic N) is 2. The third-order valence-corrected chi connectivity index (χ3v) is 4.84. The van der Waals surface area contributed by atoms with Crippen molar-refractivity contribution in [3.05, 3.63) is 51.0 Å². The summed E-state index contributed by atoms with van der Waals surface area (Å²) in [5.41, 5.74) is 3.89. The fraction of sp³-hybridized carbons (Fsp3) is 0.471. The summed E-state index contributed by atoms with van der Waals surface area (Å²) in [6.45, 7) is 5.24. The Balaban J connectivity index is 2.00. The predicted octanol–water partition coefficient (Wildman–Crippen LogP) is 5.24. The maximum atomic E-state index is 6.14. The zero-order valence-electron chi connectivity index (χ0n) is 12.5. The highest BCUT2D eigenvalue weighted by Crippen LogP contribution is 2.28. The lowest BCUT2D eigenvalue weighted by molar-refractivity contribution is 0.608. The average Bonchev–Trinajstić information content (AvgIpc) is 2.82. The molecule has 1 aromatic carbocycles. The highest BCUT2D eigenvalue weighted by Gasteiger charge is 2.21. The van der Waals surface area contributed by atoms with Gasteiger partial charge in [0, 0.05) is 18.2 Å². The first-order chi connectivity index (χ1) is 10.1. The number of aromatic nitrogens is 2. The monoisotopic (exact) mass is 322 g/mol. The average molecular weight is 323 g/mol. The highest BCUT2D eigenvalue weighted by atomic mass is 35.5. The molecule has 0 unspecified atom stereocenters. The van der Waals surface area contributed by atoms with Crippen LogP contribution in [0.5, 0.6) is 0 Å². The topological polar surface area (TPSA) is 17.8 Å². The fourth-order valence-corrected chi connectivity index (χ4v) is 3.38. The molecule has 4 heteroatoms. The van der Waals surface area contributed by atoms with E-state index in [1.165, 1.54) is 35.6 Å². The number of aryl methyl sites for hydroxylation is 1. The molecule has 1 heterocycles. The van der Waals surface area contributed by atoms with Crippen LogP contribution < -0.4 is 0 Å². The van der Waals surface area contributed by atoms with Gasteiger partial charge in [0.15, 0.2) is 0 Å². The van der Waals surface area contributed by atoms with Crippen LogP contribution in [0.2, 0.25) is 10.0 Å². The Labute approximate surface area is 136 Å². The number of imidazole rings is 1. The van der Waals surface area contributed by atoms with Crippen LogP contribution in [-0.4, -0.2) is 9.55 Å². The van der Waals surface area contributed by atoms with E-state index in [-0.39, 0.29) is 0 Å². The summed E-state index contributed by atoms with van der Waals surface area (Å²) in [7, 11) is 0. The Morgan fingerprint density at radius 3 is 2.62 bits per heavy atom. The van der Waals surface area contributed by atoms with E-state index in [9.17, 15) is 0 Å². The third-order valence-electron chi connectivity index (χ3n) is 4.10. The van der Waals surface area contributed by atoms with E-state index < -0.39 is 0 Å². The molecule has 0 atom stereocenters. The van der Waals surface area contributed by atoms with E-state index in [1.54, 1.807) is 0 Å². The lowest BCUT2D eigenvalue weighted by Gasteiger charge is -2.17. The molecule has 0 fully saturated rings. The second kappa shape index (κ2) is 6.02. The molecule has 3 rings (SSSR count). The smallest absolute Gasteiger partial charge is 0.112 e. The van der Waals surface area contributed by atoms with Crippen molar-refractivity contribution < 1.29 is 0 Å². The molecule has 1 aliphatic rings. The Hall–Kier alpha value is -0.990. The SMILES string of the molecule is CC(C)c1nc2c(n1Cc1ccc(Cl)c(Cl)c1)CCCC2. The summed E-state index contributed by atoms with van der Waals surface area (Å²) in [5.74, 6) is 1.62. The van der Waals surface area contributed by atoms with E-state index in [0.717, 1.165) is 19.4 Å². The zero-order valence-corrected chi connectivity index (χ0v) is 14.0. The predicted molar refractivity (Wildman–Crippen MR) is 88.5 cm³/mol. The van der Waals surface area contributed by atoms with Gasteiger partial charge in [-0.15, -0.1) is 0 Å². The van der Waals surface area contributed by atoms with Gasteiger partial charge in [-0.3, -0.25) is 0 Å². The number of hydrogen-bond donors (Lipinski definition) is 0. The molecule has 1 aromatic heterocycles. The van der Waals surface area contributed by atoms with Crippen LogP contribution in [0.4, 0.5) is 0 Å². The molecule has 0 amide bonds. The molecule has 21 heavy (non-hydrogen) atoms. The van der Waals surface area contributed by atoms with Crippen molar-refractivity contribution in [1.82, 2.24) is 9.55 Å². The standard InChI is InChI=1S/C17H20Cl2N2/c1-11(2)17-20-15-5-3-4-6-16(15)21(17)10-12-7-8-13(18)14(19)9-12/h7-9,11H,3-6,10H2,1-2H3. The molecule has 0 radical (unpaired) electrons. The van der Waals surface area contributed by atoms with Gasteiger partial charge in [-0.05, 0) is 43.4 Å². The molecular formula is C17H20Cl2N2. The minimum atomic E-state index is 0.429. The lowest BCUT2D eigenvalue weighted by atomic mass is 10.0. The van der Waals surface area contributed by atoms with Crippen molar-refractivity contribution in [2.24, 2.45) is 0 Å². The van der Waals surface area contributed by atoms with E-state index in [1.807, 2.05) is 18.2 Å². The Bertz CT molecular complexity index is 659.